The summed E-state index contributed by atoms with van der Waals surface area (Å²) in [4.78, 5) is 22.7. The third-order valence-electron chi connectivity index (χ3n) is 3.24. The van der Waals surface area contributed by atoms with E-state index in [9.17, 15) is 9.59 Å². The summed E-state index contributed by atoms with van der Waals surface area (Å²) in [5, 5.41) is 2.66. The minimum Gasteiger partial charge on any atom is -0.466 e. The number of amides is 1. The first-order chi connectivity index (χ1) is 9.33. The number of hydrogen-bond donors (Lipinski definition) is 1. The van der Waals surface area contributed by atoms with Crippen molar-refractivity contribution in [2.45, 2.75) is 26.4 Å². The lowest BCUT2D eigenvalue weighted by Crippen LogP contribution is -2.34. The highest BCUT2D eigenvalue weighted by atomic mass is 16.6. The van der Waals surface area contributed by atoms with Crippen LogP contribution in [0.5, 0.6) is 0 Å². The summed E-state index contributed by atoms with van der Waals surface area (Å²) >= 11 is 0. The van der Waals surface area contributed by atoms with Crippen molar-refractivity contribution >= 4 is 23.3 Å². The van der Waals surface area contributed by atoms with Gasteiger partial charge in [-0.1, -0.05) is 6.07 Å². The maximum Gasteiger partial charge on any atom is 0.412 e. The Morgan fingerprint density at radius 3 is 2.75 bits per heavy atom. The van der Waals surface area contributed by atoms with Crippen LogP contribution in [0.1, 0.15) is 31.9 Å². The fraction of sp³-hybridized carbons (Fsp3) is 0.333. The second kappa shape index (κ2) is 5.00. The van der Waals surface area contributed by atoms with Crippen molar-refractivity contribution in [2.75, 3.05) is 12.4 Å². The van der Waals surface area contributed by atoms with Gasteiger partial charge in [-0.3, -0.25) is 5.32 Å². The molecule has 0 bridgehead atoms. The summed E-state index contributed by atoms with van der Waals surface area (Å²) in [7, 11) is 1.34. The van der Waals surface area contributed by atoms with Gasteiger partial charge in [0.1, 0.15) is 5.60 Å². The van der Waals surface area contributed by atoms with E-state index in [0.717, 1.165) is 22.4 Å². The van der Waals surface area contributed by atoms with Crippen LogP contribution in [0.15, 0.2) is 24.3 Å². The van der Waals surface area contributed by atoms with E-state index < -0.39 is 17.7 Å². The second-order valence-corrected chi connectivity index (χ2v) is 5.14. The lowest BCUT2D eigenvalue weighted by molar-refractivity contribution is -0.134. The number of carbonyl (C=O) groups is 2. The van der Waals surface area contributed by atoms with Crippen LogP contribution in [0.4, 0.5) is 10.5 Å². The largest absolute Gasteiger partial charge is 0.466 e. The molecule has 2 rings (SSSR count). The molecule has 0 saturated heterocycles. The van der Waals surface area contributed by atoms with Crippen LogP contribution in [-0.4, -0.2) is 19.2 Å². The van der Waals surface area contributed by atoms with Gasteiger partial charge in [0.2, 0.25) is 0 Å². The number of benzene rings is 1. The summed E-state index contributed by atoms with van der Waals surface area (Å²) < 4.78 is 9.89. The normalized spacial score (nSPS) is 16.8. The van der Waals surface area contributed by atoms with Crippen LogP contribution in [0.2, 0.25) is 0 Å². The number of carbonyl (C=O) groups excluding carboxylic acids is 2. The quantitative estimate of drug-likeness (QED) is 0.665. The van der Waals surface area contributed by atoms with E-state index in [1.165, 1.54) is 13.2 Å². The first kappa shape index (κ1) is 14.1. The van der Waals surface area contributed by atoms with Crippen molar-refractivity contribution in [3.8, 4) is 0 Å². The Morgan fingerprint density at radius 1 is 1.40 bits per heavy atom. The molecule has 1 aromatic carbocycles. The van der Waals surface area contributed by atoms with Gasteiger partial charge < -0.3 is 9.47 Å². The van der Waals surface area contributed by atoms with Crippen molar-refractivity contribution in [1.82, 2.24) is 0 Å². The predicted molar refractivity (Wildman–Crippen MR) is 75.2 cm³/mol. The Labute approximate surface area is 117 Å². The van der Waals surface area contributed by atoms with Gasteiger partial charge in [-0.2, -0.15) is 0 Å². The molecule has 106 valence electrons. The van der Waals surface area contributed by atoms with Gasteiger partial charge in [0.25, 0.3) is 0 Å². The molecule has 0 fully saturated rings. The molecule has 0 aliphatic carbocycles. The van der Waals surface area contributed by atoms with Gasteiger partial charge in [-0.25, -0.2) is 9.59 Å². The van der Waals surface area contributed by atoms with Crippen LogP contribution >= 0.6 is 0 Å². The highest BCUT2D eigenvalue weighted by molar-refractivity contribution is 5.92. The number of anilines is 1. The second-order valence-electron chi connectivity index (χ2n) is 5.14. The maximum absolute atomic E-state index is 11.4. The molecule has 0 radical (unpaired) electrons. The smallest absolute Gasteiger partial charge is 0.412 e. The number of methoxy groups -OCH3 is 1. The van der Waals surface area contributed by atoms with Crippen molar-refractivity contribution in [2.24, 2.45) is 0 Å². The fourth-order valence-electron chi connectivity index (χ4n) is 2.14. The highest BCUT2D eigenvalue weighted by Crippen LogP contribution is 2.37. The predicted octanol–water partition coefficient (Wildman–Crippen LogP) is 3.06. The van der Waals surface area contributed by atoms with E-state index in [1.807, 2.05) is 32.9 Å². The summed E-state index contributed by atoms with van der Waals surface area (Å²) in [5.74, 6) is -0.399. The summed E-state index contributed by atoms with van der Waals surface area (Å²) in [6.07, 6.45) is 0.967. The molecule has 20 heavy (non-hydrogen) atoms. The topological polar surface area (TPSA) is 64.6 Å². The van der Waals surface area contributed by atoms with E-state index >= 15 is 0 Å². The summed E-state index contributed by atoms with van der Waals surface area (Å²) in [6, 6.07) is 5.56. The number of ether oxygens (including phenoxy) is 2. The summed E-state index contributed by atoms with van der Waals surface area (Å²) in [6.45, 7) is 5.48. The number of fused-ring (bicyclic) bond motifs is 1. The molecule has 1 aliphatic rings. The van der Waals surface area contributed by atoms with E-state index in [4.69, 9.17) is 4.74 Å². The molecule has 0 saturated carbocycles. The molecule has 0 aromatic heterocycles. The van der Waals surface area contributed by atoms with Crippen molar-refractivity contribution in [1.29, 1.82) is 0 Å². The average Bonchev–Trinajstić information content (AvgIpc) is 2.37. The minimum atomic E-state index is -0.709. The zero-order chi connectivity index (χ0) is 14.9. The van der Waals surface area contributed by atoms with Gasteiger partial charge in [-0.15, -0.1) is 0 Å². The lowest BCUT2D eigenvalue weighted by Gasteiger charge is -2.32. The van der Waals surface area contributed by atoms with Crippen LogP contribution in [-0.2, 0) is 19.9 Å². The Balaban J connectivity index is 2.44. The Kier molecular flexibility index (Phi) is 3.53. The molecule has 1 aliphatic heterocycles. The molecule has 1 N–H and O–H groups in total. The van der Waals surface area contributed by atoms with E-state index in [2.05, 4.69) is 10.1 Å². The number of esters is 1. The van der Waals surface area contributed by atoms with E-state index in [-0.39, 0.29) is 0 Å². The molecule has 1 aromatic rings. The number of allylic oxidation sites excluding steroid dienone is 1. The molecule has 5 nitrogen and oxygen atoms in total. The van der Waals surface area contributed by atoms with Crippen LogP contribution in [0.3, 0.4) is 0 Å². The first-order valence-electron chi connectivity index (χ1n) is 6.24. The minimum absolute atomic E-state index is 0.399. The molecule has 1 amide bonds. The summed E-state index contributed by atoms with van der Waals surface area (Å²) in [5.41, 5.74) is 2.54. The van der Waals surface area contributed by atoms with Gasteiger partial charge in [-0.05, 0) is 44.0 Å². The van der Waals surface area contributed by atoms with Crippen molar-refractivity contribution in [3.63, 3.8) is 0 Å². The fourth-order valence-corrected chi connectivity index (χ4v) is 2.14. The van der Waals surface area contributed by atoms with Gasteiger partial charge in [0.05, 0.1) is 12.8 Å². The standard InChI is InChI=1S/C15H17NO4/c1-9(7-13(17)19-4)10-5-6-12-11(8-10)15(2,3)20-14(18)16-12/h5-8H,1-4H3,(H,16,18)/b9-7+. The molecule has 5 heteroatoms. The molecule has 0 atom stereocenters. The third-order valence-corrected chi connectivity index (χ3v) is 3.24. The molecule has 0 spiro atoms. The first-order valence-corrected chi connectivity index (χ1v) is 6.24. The number of nitrogens with one attached hydrogen (secondary N) is 1. The molecule has 0 unspecified atom stereocenters. The van der Waals surface area contributed by atoms with E-state index in [1.54, 1.807) is 6.07 Å². The van der Waals surface area contributed by atoms with Crippen LogP contribution < -0.4 is 5.32 Å². The third kappa shape index (κ3) is 2.66. The number of hydrogen-bond acceptors (Lipinski definition) is 4. The van der Waals surface area contributed by atoms with Crippen LogP contribution in [0, 0.1) is 0 Å². The molecular weight excluding hydrogens is 258 g/mol. The van der Waals surface area contributed by atoms with Crippen molar-refractivity contribution in [3.05, 3.63) is 35.4 Å². The van der Waals surface area contributed by atoms with Crippen molar-refractivity contribution < 1.29 is 19.1 Å². The van der Waals surface area contributed by atoms with E-state index in [0.29, 0.717) is 0 Å². The SMILES string of the molecule is COC(=O)/C=C(\C)c1ccc2c(c1)C(C)(C)OC(=O)N2. The monoisotopic (exact) mass is 275 g/mol. The number of cyclic esters (lactones) is 1. The zero-order valence-electron chi connectivity index (χ0n) is 11.9. The molecular formula is C15H17NO4. The number of rotatable bonds is 2. The van der Waals surface area contributed by atoms with Gasteiger partial charge >= 0.3 is 12.1 Å². The Morgan fingerprint density at radius 2 is 2.10 bits per heavy atom. The molecule has 1 heterocycles. The lowest BCUT2D eigenvalue weighted by atomic mass is 9.91. The highest BCUT2D eigenvalue weighted by Gasteiger charge is 2.33. The van der Waals surface area contributed by atoms with Gasteiger partial charge in [0, 0.05) is 11.6 Å². The van der Waals surface area contributed by atoms with Gasteiger partial charge in [0.15, 0.2) is 0 Å². The average molecular weight is 275 g/mol. The zero-order valence-corrected chi connectivity index (χ0v) is 11.9. The Bertz CT molecular complexity index is 602. The maximum atomic E-state index is 11.4. The van der Waals surface area contributed by atoms with Crippen LogP contribution in [0.25, 0.3) is 5.57 Å². The Hall–Kier alpha value is -2.30.